The molecule has 0 spiro atoms. The summed E-state index contributed by atoms with van der Waals surface area (Å²) in [4.78, 5) is 27.5. The Balaban J connectivity index is 1.32. The highest BCUT2D eigenvalue weighted by Gasteiger charge is 2.36. The number of halogens is 1. The number of furan rings is 1. The average Bonchev–Trinajstić information content (AvgIpc) is 3.25. The summed E-state index contributed by atoms with van der Waals surface area (Å²) in [5, 5.41) is 0. The molecular formula is C23H25FN2O3. The van der Waals surface area contributed by atoms with E-state index in [1.54, 1.807) is 23.1 Å². The van der Waals surface area contributed by atoms with E-state index in [-0.39, 0.29) is 11.7 Å². The van der Waals surface area contributed by atoms with Gasteiger partial charge in [0.15, 0.2) is 5.78 Å². The molecule has 1 aromatic heterocycles. The first-order valence-corrected chi connectivity index (χ1v) is 10.0. The summed E-state index contributed by atoms with van der Waals surface area (Å²) in [5.74, 6) is 2.25. The molecule has 5 nitrogen and oxygen atoms in total. The Bertz CT molecular complexity index is 957. The molecule has 0 bridgehead atoms. The summed E-state index contributed by atoms with van der Waals surface area (Å²) < 4.78 is 20.1. The number of hydrogen-bond acceptors (Lipinski definition) is 4. The molecule has 29 heavy (non-hydrogen) atoms. The molecule has 0 radical (unpaired) electrons. The Hall–Kier alpha value is -2.89. The summed E-state index contributed by atoms with van der Waals surface area (Å²) in [6, 6.07) is 8.44. The molecule has 2 atom stereocenters. The Morgan fingerprint density at radius 1 is 1.14 bits per heavy atom. The van der Waals surface area contributed by atoms with Gasteiger partial charge < -0.3 is 14.2 Å². The van der Waals surface area contributed by atoms with Crippen LogP contribution in [0.4, 0.5) is 10.1 Å². The minimum absolute atomic E-state index is 0.0743. The molecule has 2 aromatic rings. The molecule has 6 heteroatoms. The molecule has 2 fully saturated rings. The Kier molecular flexibility index (Phi) is 5.26. The van der Waals surface area contributed by atoms with Gasteiger partial charge in [-0.1, -0.05) is 6.92 Å². The van der Waals surface area contributed by atoms with Crippen molar-refractivity contribution in [2.75, 3.05) is 31.1 Å². The third kappa shape index (κ3) is 4.26. The van der Waals surface area contributed by atoms with E-state index in [0.717, 1.165) is 12.2 Å². The zero-order chi connectivity index (χ0) is 20.5. The summed E-state index contributed by atoms with van der Waals surface area (Å²) >= 11 is 0. The van der Waals surface area contributed by atoms with Gasteiger partial charge >= 0.3 is 0 Å². The Morgan fingerprint density at radius 3 is 2.48 bits per heavy atom. The topological polar surface area (TPSA) is 53.8 Å². The normalized spacial score (nSPS) is 21.6. The summed E-state index contributed by atoms with van der Waals surface area (Å²) in [5.41, 5.74) is 0.831. The van der Waals surface area contributed by atoms with E-state index < -0.39 is 5.82 Å². The van der Waals surface area contributed by atoms with Crippen LogP contribution in [0.5, 0.6) is 0 Å². The molecule has 2 unspecified atom stereocenters. The van der Waals surface area contributed by atoms with Crippen molar-refractivity contribution in [2.24, 2.45) is 5.92 Å². The third-order valence-corrected chi connectivity index (χ3v) is 5.80. The molecule has 1 saturated carbocycles. The highest BCUT2D eigenvalue weighted by molar-refractivity contribution is 5.94. The van der Waals surface area contributed by atoms with E-state index in [9.17, 15) is 14.0 Å². The molecule has 1 saturated heterocycles. The van der Waals surface area contributed by atoms with Gasteiger partial charge in [-0.25, -0.2) is 4.39 Å². The van der Waals surface area contributed by atoms with Gasteiger partial charge in [-0.2, -0.15) is 0 Å². The van der Waals surface area contributed by atoms with Crippen LogP contribution in [0.3, 0.4) is 0 Å². The summed E-state index contributed by atoms with van der Waals surface area (Å²) in [6.07, 6.45) is 4.42. The molecule has 152 valence electrons. The molecule has 0 N–H and O–H groups in total. The quantitative estimate of drug-likeness (QED) is 0.564. The van der Waals surface area contributed by atoms with Gasteiger partial charge in [0.05, 0.1) is 5.69 Å². The maximum Gasteiger partial charge on any atom is 0.246 e. The fraction of sp³-hybridized carbons (Fsp3) is 0.391. The standard InChI is InChI=1S/C23H25FN2O3/c1-15-13-19(15)22-7-4-18(29-22)5-8-23(28)26-11-9-25(10-12-26)21-6-3-17(16(2)27)14-20(21)24/h3-8,14-15,19H,9-13H2,1-2H3/b8-5+. The lowest BCUT2D eigenvalue weighted by Crippen LogP contribution is -2.48. The maximum absolute atomic E-state index is 14.4. The lowest BCUT2D eigenvalue weighted by Gasteiger charge is -2.35. The lowest BCUT2D eigenvalue weighted by atomic mass is 10.1. The zero-order valence-electron chi connectivity index (χ0n) is 16.7. The van der Waals surface area contributed by atoms with Crippen LogP contribution >= 0.6 is 0 Å². The van der Waals surface area contributed by atoms with Crippen molar-refractivity contribution >= 4 is 23.5 Å². The second-order valence-electron chi connectivity index (χ2n) is 7.93. The zero-order valence-corrected chi connectivity index (χ0v) is 16.7. The van der Waals surface area contributed by atoms with Crippen LogP contribution in [0.1, 0.15) is 48.1 Å². The van der Waals surface area contributed by atoms with E-state index in [4.69, 9.17) is 4.42 Å². The summed E-state index contributed by atoms with van der Waals surface area (Å²) in [6.45, 7) is 5.73. The van der Waals surface area contributed by atoms with Gasteiger partial charge in [-0.15, -0.1) is 0 Å². The smallest absolute Gasteiger partial charge is 0.246 e. The van der Waals surface area contributed by atoms with Crippen LogP contribution in [-0.4, -0.2) is 42.8 Å². The highest BCUT2D eigenvalue weighted by Crippen LogP contribution is 2.47. The van der Waals surface area contributed by atoms with Crippen LogP contribution in [0.25, 0.3) is 6.08 Å². The average molecular weight is 396 g/mol. The van der Waals surface area contributed by atoms with E-state index in [2.05, 4.69) is 6.92 Å². The van der Waals surface area contributed by atoms with Gasteiger partial charge in [0.2, 0.25) is 5.91 Å². The monoisotopic (exact) mass is 396 g/mol. The van der Waals surface area contributed by atoms with Crippen molar-refractivity contribution in [1.29, 1.82) is 0 Å². The van der Waals surface area contributed by atoms with Crippen LogP contribution in [0.15, 0.2) is 40.8 Å². The molecule has 2 aliphatic rings. The minimum Gasteiger partial charge on any atom is -0.461 e. The number of carbonyl (C=O) groups is 2. The number of hydrogen-bond donors (Lipinski definition) is 0. The van der Waals surface area contributed by atoms with Crippen molar-refractivity contribution in [1.82, 2.24) is 4.90 Å². The van der Waals surface area contributed by atoms with Gasteiger partial charge in [0, 0.05) is 43.7 Å². The minimum atomic E-state index is -0.407. The SMILES string of the molecule is CC(=O)c1ccc(N2CCN(C(=O)/C=C/c3ccc(C4CC4C)o3)CC2)c(F)c1. The van der Waals surface area contributed by atoms with Crippen molar-refractivity contribution < 1.29 is 18.4 Å². The van der Waals surface area contributed by atoms with Gasteiger partial charge in [0.1, 0.15) is 17.3 Å². The molecule has 1 aromatic carbocycles. The first-order valence-electron chi connectivity index (χ1n) is 10.0. The number of ketones is 1. The Labute approximate surface area is 169 Å². The first kappa shape index (κ1) is 19.4. The largest absolute Gasteiger partial charge is 0.461 e. The van der Waals surface area contributed by atoms with Crippen molar-refractivity contribution in [3.05, 3.63) is 59.3 Å². The molecule has 4 rings (SSSR count). The molecule has 2 heterocycles. The predicted molar refractivity (Wildman–Crippen MR) is 109 cm³/mol. The predicted octanol–water partition coefficient (Wildman–Crippen LogP) is 4.11. The number of amides is 1. The van der Waals surface area contributed by atoms with Crippen molar-refractivity contribution in [3.8, 4) is 0 Å². The van der Waals surface area contributed by atoms with E-state index in [1.807, 2.05) is 17.0 Å². The number of nitrogens with zero attached hydrogens (tertiary/aromatic N) is 2. The maximum atomic E-state index is 14.4. The van der Waals surface area contributed by atoms with Crippen molar-refractivity contribution in [2.45, 2.75) is 26.2 Å². The second-order valence-corrected chi connectivity index (χ2v) is 7.93. The van der Waals surface area contributed by atoms with E-state index in [1.165, 1.54) is 19.1 Å². The Morgan fingerprint density at radius 2 is 1.86 bits per heavy atom. The number of rotatable bonds is 5. The van der Waals surface area contributed by atoms with Crippen molar-refractivity contribution in [3.63, 3.8) is 0 Å². The number of piperazine rings is 1. The van der Waals surface area contributed by atoms with E-state index >= 15 is 0 Å². The number of Topliss-reactive ketones (excluding diaryl/α,β-unsaturated/α-hetero) is 1. The molecule has 1 amide bonds. The number of carbonyl (C=O) groups excluding carboxylic acids is 2. The van der Waals surface area contributed by atoms with Crippen LogP contribution < -0.4 is 4.90 Å². The third-order valence-electron chi connectivity index (χ3n) is 5.80. The van der Waals surface area contributed by atoms with Gasteiger partial charge in [-0.3, -0.25) is 9.59 Å². The molecule has 1 aliphatic heterocycles. The number of benzene rings is 1. The first-order chi connectivity index (χ1) is 13.9. The second kappa shape index (κ2) is 7.85. The number of anilines is 1. The fourth-order valence-corrected chi connectivity index (χ4v) is 3.78. The van der Waals surface area contributed by atoms with Crippen LogP contribution in [0.2, 0.25) is 0 Å². The fourth-order valence-electron chi connectivity index (χ4n) is 3.78. The van der Waals surface area contributed by atoms with Crippen LogP contribution in [-0.2, 0) is 4.79 Å². The van der Waals surface area contributed by atoms with E-state index in [0.29, 0.717) is 55.0 Å². The molecule has 1 aliphatic carbocycles. The van der Waals surface area contributed by atoms with Crippen LogP contribution in [0, 0.1) is 11.7 Å². The van der Waals surface area contributed by atoms with Gasteiger partial charge in [-0.05, 0) is 55.7 Å². The van der Waals surface area contributed by atoms with Gasteiger partial charge in [0.25, 0.3) is 0 Å². The lowest BCUT2D eigenvalue weighted by molar-refractivity contribution is -0.126. The summed E-state index contributed by atoms with van der Waals surface area (Å²) in [7, 11) is 0. The molecular weight excluding hydrogens is 371 g/mol. The highest BCUT2D eigenvalue weighted by atomic mass is 19.1.